The standard InChI is InChI=1S/C11H17N3O9P2/c12-2-5-19-24(16,17)23-25(18)20-7-9-8(22-25)6-10(21-9)14-4-1-3-13-11(14)15/h1,3-4,8-10H,2,5-7,12H2,(H,16,17)/t8-,9+,10+,25?/m0/s1. The number of fused-ring (bicyclic) bond motifs is 1. The average Bonchev–Trinajstić information content (AvgIpc) is 2.95. The second-order valence-corrected chi connectivity index (χ2v) is 8.45. The van der Waals surface area contributed by atoms with Crippen molar-refractivity contribution in [3.05, 3.63) is 28.9 Å². The van der Waals surface area contributed by atoms with Gasteiger partial charge in [0.15, 0.2) is 0 Å². The zero-order chi connectivity index (χ0) is 18.1. The highest BCUT2D eigenvalue weighted by molar-refractivity contribution is 7.61. The fourth-order valence-electron chi connectivity index (χ4n) is 2.44. The monoisotopic (exact) mass is 397 g/mol. The van der Waals surface area contributed by atoms with Crippen LogP contribution >= 0.6 is 15.6 Å². The molecule has 0 saturated carbocycles. The number of hydrogen-bond donors (Lipinski definition) is 2. The number of aromatic nitrogens is 2. The van der Waals surface area contributed by atoms with Crippen LogP contribution in [-0.2, 0) is 31.7 Å². The minimum absolute atomic E-state index is 0.0278. The summed E-state index contributed by atoms with van der Waals surface area (Å²) in [7, 11) is -9.00. The molecule has 0 spiro atoms. The van der Waals surface area contributed by atoms with Gasteiger partial charge in [0.25, 0.3) is 0 Å². The van der Waals surface area contributed by atoms with Gasteiger partial charge in [-0.2, -0.15) is 4.31 Å². The maximum absolute atomic E-state index is 12.4. The predicted octanol–water partition coefficient (Wildman–Crippen LogP) is 0.147. The van der Waals surface area contributed by atoms with Crippen LogP contribution in [0.1, 0.15) is 12.6 Å². The first-order valence-electron chi connectivity index (χ1n) is 7.32. The summed E-state index contributed by atoms with van der Waals surface area (Å²) in [6.07, 6.45) is 0.934. The Balaban J connectivity index is 1.67. The van der Waals surface area contributed by atoms with E-state index in [1.54, 1.807) is 6.07 Å². The van der Waals surface area contributed by atoms with E-state index in [9.17, 15) is 18.8 Å². The van der Waals surface area contributed by atoms with E-state index in [0.29, 0.717) is 0 Å². The van der Waals surface area contributed by atoms with Crippen LogP contribution in [0.4, 0.5) is 0 Å². The van der Waals surface area contributed by atoms with Crippen molar-refractivity contribution in [2.45, 2.75) is 24.9 Å². The topological polar surface area (TPSA) is 161 Å². The Hall–Kier alpha value is -0.940. The van der Waals surface area contributed by atoms with Gasteiger partial charge in [-0.05, 0) is 6.07 Å². The lowest BCUT2D eigenvalue weighted by Gasteiger charge is -2.30. The van der Waals surface area contributed by atoms with Gasteiger partial charge in [-0.1, -0.05) is 0 Å². The first-order valence-corrected chi connectivity index (χ1v) is 10.3. The van der Waals surface area contributed by atoms with E-state index < -0.39 is 39.8 Å². The highest BCUT2D eigenvalue weighted by atomic mass is 31.3. The third-order valence-electron chi connectivity index (χ3n) is 3.47. The molecule has 140 valence electrons. The number of rotatable bonds is 6. The smallest absolute Gasteiger partial charge is 0.349 e. The first-order chi connectivity index (χ1) is 11.8. The maximum atomic E-state index is 12.4. The quantitative estimate of drug-likeness (QED) is 0.628. The second kappa shape index (κ2) is 7.36. The third-order valence-corrected chi connectivity index (χ3v) is 6.59. The molecule has 1 aromatic heterocycles. The third kappa shape index (κ3) is 4.43. The molecule has 0 aliphatic carbocycles. The van der Waals surface area contributed by atoms with Crippen molar-refractivity contribution in [2.24, 2.45) is 5.73 Å². The molecular formula is C11H17N3O9P2. The van der Waals surface area contributed by atoms with E-state index in [1.165, 1.54) is 17.0 Å². The summed E-state index contributed by atoms with van der Waals surface area (Å²) >= 11 is 0. The molecule has 14 heteroatoms. The van der Waals surface area contributed by atoms with E-state index in [4.69, 9.17) is 19.5 Å². The summed E-state index contributed by atoms with van der Waals surface area (Å²) in [6, 6.07) is 1.56. The number of phosphoric acid groups is 2. The number of hydrogen-bond acceptors (Lipinski definition) is 10. The van der Waals surface area contributed by atoms with Crippen LogP contribution in [0.2, 0.25) is 0 Å². The van der Waals surface area contributed by atoms with Gasteiger partial charge in [0.05, 0.1) is 13.2 Å². The Morgan fingerprint density at radius 1 is 1.52 bits per heavy atom. The van der Waals surface area contributed by atoms with E-state index in [-0.39, 0.29) is 26.2 Å². The molecule has 0 bridgehead atoms. The number of phosphoric ester groups is 2. The Morgan fingerprint density at radius 2 is 2.32 bits per heavy atom. The average molecular weight is 397 g/mol. The summed E-state index contributed by atoms with van der Waals surface area (Å²) in [5.41, 5.74) is 4.65. The Bertz CT molecular complexity index is 771. The molecular weight excluding hydrogens is 380 g/mol. The summed E-state index contributed by atoms with van der Waals surface area (Å²) in [5, 5.41) is 0. The van der Waals surface area contributed by atoms with Gasteiger partial charge in [0, 0.05) is 25.4 Å². The minimum atomic E-state index is -4.66. The molecule has 3 N–H and O–H groups in total. The number of nitrogens with two attached hydrogens (primary N) is 1. The van der Waals surface area contributed by atoms with Gasteiger partial charge in [-0.25, -0.2) is 18.9 Å². The van der Waals surface area contributed by atoms with Gasteiger partial charge in [-0.15, -0.1) is 0 Å². The Labute approximate surface area is 142 Å². The van der Waals surface area contributed by atoms with Gasteiger partial charge < -0.3 is 15.4 Å². The van der Waals surface area contributed by atoms with E-state index in [2.05, 4.69) is 13.8 Å². The molecule has 3 rings (SSSR count). The summed E-state index contributed by atoms with van der Waals surface area (Å²) < 4.78 is 50.2. The molecule has 2 fully saturated rings. The maximum Gasteiger partial charge on any atom is 0.484 e. The first kappa shape index (κ1) is 18.8. The van der Waals surface area contributed by atoms with Crippen LogP contribution in [0.25, 0.3) is 0 Å². The molecule has 5 atom stereocenters. The Morgan fingerprint density at radius 3 is 3.04 bits per heavy atom. The number of ether oxygens (including phenoxy) is 1. The zero-order valence-electron chi connectivity index (χ0n) is 12.9. The van der Waals surface area contributed by atoms with E-state index >= 15 is 0 Å². The van der Waals surface area contributed by atoms with Crippen LogP contribution in [0.3, 0.4) is 0 Å². The Kier molecular flexibility index (Phi) is 5.54. The lowest BCUT2D eigenvalue weighted by Crippen LogP contribution is -2.33. The molecule has 3 heterocycles. The molecule has 0 aromatic carbocycles. The summed E-state index contributed by atoms with van der Waals surface area (Å²) in [6.45, 7) is -0.501. The van der Waals surface area contributed by atoms with Crippen molar-refractivity contribution >= 4 is 15.6 Å². The number of nitrogens with zero attached hydrogens (tertiary/aromatic N) is 2. The van der Waals surface area contributed by atoms with E-state index in [0.717, 1.165) is 0 Å². The van der Waals surface area contributed by atoms with Gasteiger partial charge in [0.2, 0.25) is 0 Å². The fraction of sp³-hybridized carbons (Fsp3) is 0.636. The lowest BCUT2D eigenvalue weighted by atomic mass is 10.2. The van der Waals surface area contributed by atoms with Crippen molar-refractivity contribution in [2.75, 3.05) is 19.8 Å². The summed E-state index contributed by atoms with van der Waals surface area (Å²) in [5.74, 6) is 0. The van der Waals surface area contributed by atoms with Gasteiger partial charge in [-0.3, -0.25) is 18.1 Å². The summed E-state index contributed by atoms with van der Waals surface area (Å²) in [4.78, 5) is 24.9. The molecule has 0 amide bonds. The van der Waals surface area contributed by atoms with Crippen molar-refractivity contribution in [1.29, 1.82) is 0 Å². The van der Waals surface area contributed by atoms with Crippen molar-refractivity contribution in [3.8, 4) is 0 Å². The van der Waals surface area contributed by atoms with Gasteiger partial charge >= 0.3 is 21.3 Å². The largest absolute Gasteiger partial charge is 0.484 e. The molecule has 1 aromatic rings. The van der Waals surface area contributed by atoms with Crippen LogP contribution in [0, 0.1) is 0 Å². The SMILES string of the molecule is NCCOP(=O)(O)OP1(=O)OC[C@H]2O[C@@H](n3cccnc3=O)C[C@@H]2O1. The molecule has 2 aliphatic rings. The molecule has 2 aliphatic heterocycles. The van der Waals surface area contributed by atoms with Crippen LogP contribution in [0.5, 0.6) is 0 Å². The van der Waals surface area contributed by atoms with Gasteiger partial charge in [0.1, 0.15) is 18.4 Å². The fourth-order valence-corrected chi connectivity index (χ4v) is 5.26. The molecule has 25 heavy (non-hydrogen) atoms. The highest BCUT2D eigenvalue weighted by Crippen LogP contribution is 2.66. The van der Waals surface area contributed by atoms with Crippen LogP contribution in [0.15, 0.2) is 23.3 Å². The highest BCUT2D eigenvalue weighted by Gasteiger charge is 2.50. The molecule has 2 unspecified atom stereocenters. The molecule has 2 saturated heterocycles. The molecule has 0 radical (unpaired) electrons. The van der Waals surface area contributed by atoms with Crippen molar-refractivity contribution < 1.29 is 36.6 Å². The lowest BCUT2D eigenvalue weighted by molar-refractivity contribution is -0.0678. The minimum Gasteiger partial charge on any atom is -0.349 e. The van der Waals surface area contributed by atoms with Crippen molar-refractivity contribution in [1.82, 2.24) is 9.55 Å². The second-order valence-electron chi connectivity index (χ2n) is 5.23. The van der Waals surface area contributed by atoms with E-state index in [1.807, 2.05) is 0 Å². The molecule has 12 nitrogen and oxygen atoms in total. The van der Waals surface area contributed by atoms with Crippen LogP contribution in [-0.4, -0.2) is 46.4 Å². The zero-order valence-corrected chi connectivity index (χ0v) is 14.7. The normalized spacial score (nSPS) is 34.4. The van der Waals surface area contributed by atoms with Crippen LogP contribution < -0.4 is 11.4 Å². The van der Waals surface area contributed by atoms with Crippen molar-refractivity contribution in [3.63, 3.8) is 0 Å². The predicted molar refractivity (Wildman–Crippen MR) is 81.4 cm³/mol.